The van der Waals surface area contributed by atoms with E-state index in [1.54, 1.807) is 25.1 Å². The number of imide groups is 1. The van der Waals surface area contributed by atoms with E-state index >= 15 is 0 Å². The average Bonchev–Trinajstić information content (AvgIpc) is 2.20. The van der Waals surface area contributed by atoms with Gasteiger partial charge in [0.05, 0.1) is 10.9 Å². The van der Waals surface area contributed by atoms with Crippen molar-refractivity contribution >= 4 is 35.1 Å². The number of fused-ring (bicyclic) bond motifs is 1. The summed E-state index contributed by atoms with van der Waals surface area (Å²) in [4.78, 5) is 24.9. The Hall–Kier alpha value is -1.69. The van der Waals surface area contributed by atoms with Crippen LogP contribution in [0.1, 0.15) is 6.92 Å². The monoisotopic (exact) mass is 237 g/mol. The Morgan fingerprint density at radius 3 is 2.81 bits per heavy atom. The number of thioether (sulfide) groups is 1. The van der Waals surface area contributed by atoms with Gasteiger partial charge in [-0.15, -0.1) is 11.8 Å². The second-order valence-corrected chi connectivity index (χ2v) is 4.88. The van der Waals surface area contributed by atoms with E-state index in [-0.39, 0.29) is 11.2 Å². The first-order valence-electron chi connectivity index (χ1n) is 4.70. The molecule has 84 valence electrons. The first-order valence-corrected chi connectivity index (χ1v) is 5.58. The number of nitrogen functional groups attached to an aromatic ring is 1. The number of carbonyl (C=O) groups excluding carboxylic acids is 2. The molecule has 5 nitrogen and oxygen atoms in total. The van der Waals surface area contributed by atoms with Gasteiger partial charge in [-0.25, -0.2) is 9.69 Å². The van der Waals surface area contributed by atoms with Crippen LogP contribution in [-0.2, 0) is 4.79 Å². The van der Waals surface area contributed by atoms with E-state index in [9.17, 15) is 9.59 Å². The lowest BCUT2D eigenvalue weighted by atomic mass is 10.2. The zero-order valence-electron chi connectivity index (χ0n) is 8.64. The van der Waals surface area contributed by atoms with Crippen LogP contribution in [0.5, 0.6) is 0 Å². The standard InChI is InChI=1S/C10H11N3O2S/c1-5-9(14)13(10(12)15)7-4-6(11)2-3-8(7)16-5/h2-5H,11H2,1H3,(H2,12,15). The van der Waals surface area contributed by atoms with Crippen molar-refractivity contribution in [1.82, 2.24) is 0 Å². The number of hydrogen-bond donors (Lipinski definition) is 2. The van der Waals surface area contributed by atoms with Crippen LogP contribution in [0.15, 0.2) is 23.1 Å². The lowest BCUT2D eigenvalue weighted by molar-refractivity contribution is -0.117. The molecule has 3 amide bonds. The zero-order valence-corrected chi connectivity index (χ0v) is 9.45. The van der Waals surface area contributed by atoms with Gasteiger partial charge in [-0.3, -0.25) is 4.79 Å². The van der Waals surface area contributed by atoms with Crippen LogP contribution < -0.4 is 16.4 Å². The minimum atomic E-state index is -0.774. The van der Waals surface area contributed by atoms with Gasteiger partial charge in [0.2, 0.25) is 5.91 Å². The van der Waals surface area contributed by atoms with Gasteiger partial charge in [0.15, 0.2) is 0 Å². The molecular weight excluding hydrogens is 226 g/mol. The lowest BCUT2D eigenvalue weighted by Gasteiger charge is -2.29. The number of primary amides is 1. The molecule has 16 heavy (non-hydrogen) atoms. The molecule has 0 radical (unpaired) electrons. The van der Waals surface area contributed by atoms with Crippen LogP contribution in [0.25, 0.3) is 0 Å². The first-order chi connectivity index (χ1) is 7.50. The van der Waals surface area contributed by atoms with Crippen LogP contribution in [-0.4, -0.2) is 17.2 Å². The summed E-state index contributed by atoms with van der Waals surface area (Å²) in [5.74, 6) is -0.310. The largest absolute Gasteiger partial charge is 0.399 e. The number of nitrogens with zero attached hydrogens (tertiary/aromatic N) is 1. The molecule has 0 bridgehead atoms. The fraction of sp³-hybridized carbons (Fsp3) is 0.200. The predicted molar refractivity (Wildman–Crippen MR) is 63.2 cm³/mol. The van der Waals surface area contributed by atoms with Crippen LogP contribution in [0.3, 0.4) is 0 Å². The van der Waals surface area contributed by atoms with E-state index in [4.69, 9.17) is 11.5 Å². The van der Waals surface area contributed by atoms with Crippen LogP contribution in [0.2, 0.25) is 0 Å². The lowest BCUT2D eigenvalue weighted by Crippen LogP contribution is -2.46. The van der Waals surface area contributed by atoms with Crippen molar-refractivity contribution in [3.05, 3.63) is 18.2 Å². The summed E-state index contributed by atoms with van der Waals surface area (Å²) in [6.07, 6.45) is 0. The minimum absolute atomic E-state index is 0.310. The normalized spacial score (nSPS) is 19.4. The fourth-order valence-corrected chi connectivity index (χ4v) is 2.58. The van der Waals surface area contributed by atoms with Crippen LogP contribution >= 0.6 is 11.8 Å². The van der Waals surface area contributed by atoms with Crippen molar-refractivity contribution in [3.8, 4) is 0 Å². The predicted octanol–water partition coefficient (Wildman–Crippen LogP) is 1.17. The van der Waals surface area contributed by atoms with Gasteiger partial charge in [-0.05, 0) is 25.1 Å². The highest BCUT2D eigenvalue weighted by atomic mass is 32.2. The van der Waals surface area contributed by atoms with Crippen molar-refractivity contribution in [2.45, 2.75) is 17.1 Å². The summed E-state index contributed by atoms with van der Waals surface area (Å²) in [7, 11) is 0. The second kappa shape index (κ2) is 3.71. The van der Waals surface area contributed by atoms with E-state index < -0.39 is 6.03 Å². The molecule has 0 aliphatic carbocycles. The molecule has 1 heterocycles. The number of hydrogen-bond acceptors (Lipinski definition) is 4. The highest BCUT2D eigenvalue weighted by molar-refractivity contribution is 8.01. The maximum Gasteiger partial charge on any atom is 0.326 e. The van der Waals surface area contributed by atoms with Gasteiger partial charge in [0.1, 0.15) is 0 Å². The van der Waals surface area contributed by atoms with E-state index in [2.05, 4.69) is 0 Å². The van der Waals surface area contributed by atoms with Gasteiger partial charge in [-0.1, -0.05) is 0 Å². The summed E-state index contributed by atoms with van der Waals surface area (Å²) in [6, 6.07) is 4.32. The average molecular weight is 237 g/mol. The Labute approximate surface area is 96.8 Å². The molecule has 1 aromatic rings. The van der Waals surface area contributed by atoms with Crippen LogP contribution in [0.4, 0.5) is 16.2 Å². The summed E-state index contributed by atoms with van der Waals surface area (Å²) in [5.41, 5.74) is 11.8. The Kier molecular flexibility index (Phi) is 2.51. The van der Waals surface area contributed by atoms with E-state index in [1.165, 1.54) is 11.8 Å². The van der Waals surface area contributed by atoms with Gasteiger partial charge >= 0.3 is 6.03 Å². The highest BCUT2D eigenvalue weighted by Gasteiger charge is 2.33. The van der Waals surface area contributed by atoms with Crippen molar-refractivity contribution in [3.63, 3.8) is 0 Å². The molecule has 0 saturated carbocycles. The maximum absolute atomic E-state index is 11.8. The van der Waals surface area contributed by atoms with Crippen molar-refractivity contribution in [2.75, 3.05) is 10.6 Å². The van der Waals surface area contributed by atoms with Crippen molar-refractivity contribution < 1.29 is 9.59 Å². The molecule has 0 fully saturated rings. The fourth-order valence-electron chi connectivity index (χ4n) is 1.58. The van der Waals surface area contributed by atoms with Crippen LogP contribution in [0, 0.1) is 0 Å². The van der Waals surface area contributed by atoms with Gasteiger partial charge in [-0.2, -0.15) is 0 Å². The van der Waals surface area contributed by atoms with Gasteiger partial charge in [0.25, 0.3) is 0 Å². The molecule has 1 atom stereocenters. The van der Waals surface area contributed by atoms with Crippen molar-refractivity contribution in [2.24, 2.45) is 5.73 Å². The molecular formula is C10H11N3O2S. The molecule has 0 spiro atoms. The SMILES string of the molecule is CC1Sc2ccc(N)cc2N(C(N)=O)C1=O. The smallest absolute Gasteiger partial charge is 0.326 e. The summed E-state index contributed by atoms with van der Waals surface area (Å²) in [6.45, 7) is 1.74. The Bertz CT molecular complexity index is 475. The van der Waals surface area contributed by atoms with E-state index in [0.717, 1.165) is 9.80 Å². The quantitative estimate of drug-likeness (QED) is 0.663. The summed E-state index contributed by atoms with van der Waals surface area (Å²) in [5, 5.41) is -0.316. The van der Waals surface area contributed by atoms with Gasteiger partial charge < -0.3 is 11.5 Å². The molecule has 0 saturated heterocycles. The maximum atomic E-state index is 11.8. The van der Waals surface area contributed by atoms with E-state index in [1.807, 2.05) is 0 Å². The third kappa shape index (κ3) is 1.61. The topological polar surface area (TPSA) is 89.4 Å². The number of urea groups is 1. The summed E-state index contributed by atoms with van der Waals surface area (Å²) < 4.78 is 0. The molecule has 1 aliphatic rings. The molecule has 1 aromatic carbocycles. The van der Waals surface area contributed by atoms with E-state index in [0.29, 0.717) is 11.4 Å². The Morgan fingerprint density at radius 2 is 2.19 bits per heavy atom. The summed E-state index contributed by atoms with van der Waals surface area (Å²) >= 11 is 1.40. The van der Waals surface area contributed by atoms with Crippen molar-refractivity contribution in [1.29, 1.82) is 0 Å². The molecule has 1 unspecified atom stereocenters. The number of anilines is 2. The highest BCUT2D eigenvalue weighted by Crippen LogP contribution is 2.39. The number of benzene rings is 1. The third-order valence-corrected chi connectivity index (χ3v) is 3.47. The minimum Gasteiger partial charge on any atom is -0.399 e. The number of carbonyl (C=O) groups is 2. The number of rotatable bonds is 0. The second-order valence-electron chi connectivity index (χ2n) is 3.50. The molecule has 0 aromatic heterocycles. The molecule has 1 aliphatic heterocycles. The van der Waals surface area contributed by atoms with Gasteiger partial charge in [0, 0.05) is 10.6 Å². The Balaban J connectivity index is 2.58. The number of amides is 3. The molecule has 4 N–H and O–H groups in total. The Morgan fingerprint density at radius 1 is 1.50 bits per heavy atom. The first kappa shape index (κ1) is 10.8. The molecule has 6 heteroatoms. The number of nitrogens with two attached hydrogens (primary N) is 2. The molecule has 2 rings (SSSR count). The zero-order chi connectivity index (χ0) is 11.9. The third-order valence-electron chi connectivity index (χ3n) is 2.32.